The number of aromatic nitrogens is 3. The van der Waals surface area contributed by atoms with Crippen LogP contribution in [0.2, 0.25) is 0 Å². The number of nitro benzene ring substituents is 1. The molecule has 2 aromatic rings. The summed E-state index contributed by atoms with van der Waals surface area (Å²) in [6.45, 7) is 0.313. The average molecular weight is 289 g/mol. The molecule has 0 atom stereocenters. The van der Waals surface area contributed by atoms with Gasteiger partial charge in [-0.1, -0.05) is 0 Å². The van der Waals surface area contributed by atoms with E-state index < -0.39 is 4.92 Å². The predicted octanol–water partition coefficient (Wildman–Crippen LogP) is 1.66. The first kappa shape index (κ1) is 13.5. The maximum Gasteiger partial charge on any atom is 0.310 e. The molecule has 110 valence electrons. The van der Waals surface area contributed by atoms with E-state index >= 15 is 0 Å². The molecule has 0 radical (unpaired) electrons. The number of nitrogens with two attached hydrogens (primary N) is 1. The van der Waals surface area contributed by atoms with Gasteiger partial charge in [0.2, 0.25) is 0 Å². The number of nitro groups is 1. The third kappa shape index (κ3) is 2.33. The molecule has 1 aromatic carbocycles. The largest absolute Gasteiger partial charge is 0.490 e. The van der Waals surface area contributed by atoms with Gasteiger partial charge in [-0.3, -0.25) is 10.1 Å². The zero-order valence-corrected chi connectivity index (χ0v) is 11.5. The average Bonchev–Trinajstić information content (AvgIpc) is 3.25. The third-order valence-corrected chi connectivity index (χ3v) is 3.50. The summed E-state index contributed by atoms with van der Waals surface area (Å²) in [4.78, 5) is 10.5. The molecule has 2 N–H and O–H groups in total. The highest BCUT2D eigenvalue weighted by Crippen LogP contribution is 2.40. The first-order valence-electron chi connectivity index (χ1n) is 6.62. The van der Waals surface area contributed by atoms with Crippen molar-refractivity contribution in [1.29, 1.82) is 0 Å². The highest BCUT2D eigenvalue weighted by atomic mass is 16.6. The van der Waals surface area contributed by atoms with Crippen molar-refractivity contribution in [3.8, 4) is 17.1 Å². The van der Waals surface area contributed by atoms with E-state index in [1.165, 1.54) is 13.2 Å². The Bertz CT molecular complexity index is 693. The highest BCUT2D eigenvalue weighted by molar-refractivity contribution is 5.63. The number of hydrogen-bond donors (Lipinski definition) is 1. The topological polar surface area (TPSA) is 109 Å². The second-order valence-corrected chi connectivity index (χ2v) is 4.89. The van der Waals surface area contributed by atoms with Crippen molar-refractivity contribution in [2.24, 2.45) is 5.73 Å². The summed E-state index contributed by atoms with van der Waals surface area (Å²) in [7, 11) is 1.41. The van der Waals surface area contributed by atoms with Crippen LogP contribution >= 0.6 is 0 Å². The zero-order valence-electron chi connectivity index (χ0n) is 11.5. The van der Waals surface area contributed by atoms with Crippen LogP contribution in [-0.4, -0.2) is 26.8 Å². The summed E-state index contributed by atoms with van der Waals surface area (Å²) < 4.78 is 7.11. The van der Waals surface area contributed by atoms with E-state index in [4.69, 9.17) is 10.5 Å². The van der Waals surface area contributed by atoms with E-state index in [2.05, 4.69) is 10.2 Å². The van der Waals surface area contributed by atoms with Gasteiger partial charge in [-0.05, 0) is 25.0 Å². The summed E-state index contributed by atoms with van der Waals surface area (Å²) in [6.07, 6.45) is 2.14. The van der Waals surface area contributed by atoms with Gasteiger partial charge in [-0.15, -0.1) is 10.2 Å². The Morgan fingerprint density at radius 2 is 2.24 bits per heavy atom. The van der Waals surface area contributed by atoms with Crippen molar-refractivity contribution in [2.75, 3.05) is 7.11 Å². The SMILES string of the molecule is COc1cc(-c2nnc(CN)n2C2CC2)ccc1[N+](=O)[O-]. The van der Waals surface area contributed by atoms with E-state index in [-0.39, 0.29) is 11.4 Å². The van der Waals surface area contributed by atoms with Crippen LogP contribution in [0.4, 0.5) is 5.69 Å². The molecule has 8 nitrogen and oxygen atoms in total. The molecular weight excluding hydrogens is 274 g/mol. The van der Waals surface area contributed by atoms with Crippen LogP contribution in [0.15, 0.2) is 18.2 Å². The van der Waals surface area contributed by atoms with Crippen molar-refractivity contribution >= 4 is 5.69 Å². The Balaban J connectivity index is 2.09. The van der Waals surface area contributed by atoms with Crippen LogP contribution in [0.3, 0.4) is 0 Å². The number of hydrogen-bond acceptors (Lipinski definition) is 6. The minimum Gasteiger partial charge on any atom is -0.490 e. The van der Waals surface area contributed by atoms with Crippen LogP contribution in [-0.2, 0) is 6.54 Å². The molecular formula is C13H15N5O3. The van der Waals surface area contributed by atoms with E-state index in [0.29, 0.717) is 18.4 Å². The molecule has 0 spiro atoms. The lowest BCUT2D eigenvalue weighted by molar-refractivity contribution is -0.385. The Hall–Kier alpha value is -2.48. The first-order valence-corrected chi connectivity index (χ1v) is 6.62. The minimum atomic E-state index is -0.473. The second-order valence-electron chi connectivity index (χ2n) is 4.89. The monoisotopic (exact) mass is 289 g/mol. The Morgan fingerprint density at radius 3 is 2.81 bits per heavy atom. The predicted molar refractivity (Wildman–Crippen MR) is 74.8 cm³/mol. The van der Waals surface area contributed by atoms with Gasteiger partial charge in [0.05, 0.1) is 18.6 Å². The Labute approximate surface area is 120 Å². The maximum atomic E-state index is 10.9. The lowest BCUT2D eigenvalue weighted by atomic mass is 10.1. The van der Waals surface area contributed by atoms with Crippen LogP contribution in [0.1, 0.15) is 24.7 Å². The number of nitrogens with zero attached hydrogens (tertiary/aromatic N) is 4. The van der Waals surface area contributed by atoms with Gasteiger partial charge in [0.15, 0.2) is 11.6 Å². The molecule has 0 unspecified atom stereocenters. The van der Waals surface area contributed by atoms with Gasteiger partial charge >= 0.3 is 5.69 Å². The van der Waals surface area contributed by atoms with Crippen molar-refractivity contribution < 1.29 is 9.66 Å². The van der Waals surface area contributed by atoms with Gasteiger partial charge in [-0.25, -0.2) is 0 Å². The summed E-state index contributed by atoms with van der Waals surface area (Å²) in [5.74, 6) is 1.60. The Morgan fingerprint density at radius 1 is 1.48 bits per heavy atom. The van der Waals surface area contributed by atoms with Crippen molar-refractivity contribution in [3.63, 3.8) is 0 Å². The molecule has 3 rings (SSSR count). The molecule has 1 saturated carbocycles. The van der Waals surface area contributed by atoms with Crippen molar-refractivity contribution in [1.82, 2.24) is 14.8 Å². The summed E-state index contributed by atoms with van der Waals surface area (Å²) in [6, 6.07) is 5.06. The highest BCUT2D eigenvalue weighted by Gasteiger charge is 2.30. The summed E-state index contributed by atoms with van der Waals surface area (Å²) in [5, 5.41) is 19.2. The molecule has 1 heterocycles. The number of methoxy groups -OCH3 is 1. The number of rotatable bonds is 5. The maximum absolute atomic E-state index is 10.9. The normalized spacial score (nSPS) is 14.2. The third-order valence-electron chi connectivity index (χ3n) is 3.50. The van der Waals surface area contributed by atoms with E-state index in [1.54, 1.807) is 12.1 Å². The first-order chi connectivity index (χ1) is 10.2. The van der Waals surface area contributed by atoms with Crippen LogP contribution in [0, 0.1) is 10.1 Å². The molecule has 1 aromatic heterocycles. The second kappa shape index (κ2) is 5.13. The number of benzene rings is 1. The molecule has 0 bridgehead atoms. The minimum absolute atomic E-state index is 0.0715. The molecule has 0 amide bonds. The lowest BCUT2D eigenvalue weighted by Gasteiger charge is -2.09. The van der Waals surface area contributed by atoms with Gasteiger partial charge in [0.1, 0.15) is 5.82 Å². The van der Waals surface area contributed by atoms with Gasteiger partial charge < -0.3 is 15.0 Å². The fourth-order valence-electron chi connectivity index (χ4n) is 2.34. The van der Waals surface area contributed by atoms with Gasteiger partial charge in [-0.2, -0.15) is 0 Å². The van der Waals surface area contributed by atoms with E-state index in [0.717, 1.165) is 24.2 Å². The zero-order chi connectivity index (χ0) is 15.0. The molecule has 0 saturated heterocycles. The standard InChI is InChI=1S/C13H15N5O3/c1-21-11-6-8(2-5-10(11)18(19)20)13-16-15-12(7-14)17(13)9-3-4-9/h2,5-6,9H,3-4,7,14H2,1H3. The molecule has 0 aliphatic heterocycles. The fourth-order valence-corrected chi connectivity index (χ4v) is 2.34. The van der Waals surface area contributed by atoms with E-state index in [1.807, 2.05) is 4.57 Å². The molecule has 1 fully saturated rings. The van der Waals surface area contributed by atoms with Crippen LogP contribution < -0.4 is 10.5 Å². The summed E-state index contributed by atoms with van der Waals surface area (Å²) >= 11 is 0. The molecule has 1 aliphatic carbocycles. The smallest absolute Gasteiger partial charge is 0.310 e. The summed E-state index contributed by atoms with van der Waals surface area (Å²) in [5.41, 5.74) is 6.35. The van der Waals surface area contributed by atoms with Crippen LogP contribution in [0.5, 0.6) is 5.75 Å². The van der Waals surface area contributed by atoms with E-state index in [9.17, 15) is 10.1 Å². The van der Waals surface area contributed by atoms with Gasteiger partial charge in [0, 0.05) is 17.7 Å². The molecule has 8 heteroatoms. The Kier molecular flexibility index (Phi) is 3.30. The van der Waals surface area contributed by atoms with Crippen LogP contribution in [0.25, 0.3) is 11.4 Å². The van der Waals surface area contributed by atoms with Gasteiger partial charge in [0.25, 0.3) is 0 Å². The van der Waals surface area contributed by atoms with Crippen molar-refractivity contribution in [3.05, 3.63) is 34.1 Å². The number of ether oxygens (including phenoxy) is 1. The van der Waals surface area contributed by atoms with Crippen molar-refractivity contribution in [2.45, 2.75) is 25.4 Å². The fraction of sp³-hybridized carbons (Fsp3) is 0.385. The lowest BCUT2D eigenvalue weighted by Crippen LogP contribution is -2.08. The quantitative estimate of drug-likeness (QED) is 0.662. The molecule has 1 aliphatic rings. The molecule has 21 heavy (non-hydrogen) atoms.